The molecule has 0 saturated heterocycles. The van der Waals surface area contributed by atoms with Crippen LogP contribution in [0.5, 0.6) is 0 Å². The molecule has 1 aromatic heterocycles. The molecule has 25 heavy (non-hydrogen) atoms. The molecule has 124 valence electrons. The molecule has 2 N–H and O–H groups in total. The summed E-state index contributed by atoms with van der Waals surface area (Å²) in [5.41, 5.74) is 1.77. The zero-order chi connectivity index (χ0) is 17.8. The maximum Gasteiger partial charge on any atom is 0.229 e. The predicted octanol–water partition coefficient (Wildman–Crippen LogP) is 4.42. The van der Waals surface area contributed by atoms with Crippen molar-refractivity contribution in [2.45, 2.75) is 6.92 Å². The molecule has 2 aromatic carbocycles. The first kappa shape index (κ1) is 16.3. The van der Waals surface area contributed by atoms with Gasteiger partial charge < -0.3 is 10.6 Å². The Morgan fingerprint density at radius 3 is 2.52 bits per heavy atom. The second kappa shape index (κ2) is 6.93. The number of rotatable bonds is 4. The first-order valence-electron chi connectivity index (χ1n) is 7.39. The van der Waals surface area contributed by atoms with Gasteiger partial charge in [-0.3, -0.25) is 0 Å². The van der Waals surface area contributed by atoms with Crippen molar-refractivity contribution in [1.29, 1.82) is 5.26 Å². The summed E-state index contributed by atoms with van der Waals surface area (Å²) in [6.45, 7) is 1.76. The van der Waals surface area contributed by atoms with E-state index in [0.29, 0.717) is 22.8 Å². The minimum Gasteiger partial charge on any atom is -0.339 e. The Morgan fingerprint density at radius 1 is 0.960 bits per heavy atom. The van der Waals surface area contributed by atoms with Crippen LogP contribution in [0.1, 0.15) is 11.3 Å². The summed E-state index contributed by atoms with van der Waals surface area (Å²) >= 11 is 0. The van der Waals surface area contributed by atoms with Gasteiger partial charge in [0, 0.05) is 17.8 Å². The van der Waals surface area contributed by atoms with E-state index in [1.54, 1.807) is 37.3 Å². The SMILES string of the molecule is Cc1cc(Nc2ccccc2C#N)nc(Nc2ccc(F)cc2F)n1. The molecule has 0 bridgehead atoms. The fourth-order valence-electron chi connectivity index (χ4n) is 2.23. The summed E-state index contributed by atoms with van der Waals surface area (Å²) in [6.07, 6.45) is 0. The van der Waals surface area contributed by atoms with Crippen molar-refractivity contribution >= 4 is 23.1 Å². The zero-order valence-electron chi connectivity index (χ0n) is 13.2. The summed E-state index contributed by atoms with van der Waals surface area (Å²) in [4.78, 5) is 8.45. The van der Waals surface area contributed by atoms with Crippen LogP contribution in [-0.4, -0.2) is 9.97 Å². The number of para-hydroxylation sites is 1. The number of aryl methyl sites for hydroxylation is 1. The standard InChI is InChI=1S/C18H13F2N5/c1-11-8-17(23-15-5-3-2-4-12(15)10-21)25-18(22-11)24-16-7-6-13(19)9-14(16)20/h2-9H,1H3,(H2,22,23,24,25). The van der Waals surface area contributed by atoms with Crippen molar-refractivity contribution in [2.75, 3.05) is 10.6 Å². The Balaban J connectivity index is 1.89. The second-order valence-electron chi connectivity index (χ2n) is 5.25. The van der Waals surface area contributed by atoms with E-state index in [-0.39, 0.29) is 11.6 Å². The monoisotopic (exact) mass is 337 g/mol. The molecule has 0 amide bonds. The summed E-state index contributed by atoms with van der Waals surface area (Å²) < 4.78 is 26.8. The van der Waals surface area contributed by atoms with Gasteiger partial charge in [0.25, 0.3) is 0 Å². The van der Waals surface area contributed by atoms with Crippen LogP contribution in [0.3, 0.4) is 0 Å². The molecule has 0 radical (unpaired) electrons. The van der Waals surface area contributed by atoms with E-state index in [1.165, 1.54) is 6.07 Å². The lowest BCUT2D eigenvalue weighted by Crippen LogP contribution is -2.04. The molecule has 0 spiro atoms. The van der Waals surface area contributed by atoms with Crippen LogP contribution < -0.4 is 10.6 Å². The van der Waals surface area contributed by atoms with Gasteiger partial charge >= 0.3 is 0 Å². The lowest BCUT2D eigenvalue weighted by Gasteiger charge is -2.11. The van der Waals surface area contributed by atoms with E-state index in [0.717, 1.165) is 12.1 Å². The van der Waals surface area contributed by atoms with Gasteiger partial charge in [0.15, 0.2) is 0 Å². The quantitative estimate of drug-likeness (QED) is 0.737. The van der Waals surface area contributed by atoms with E-state index in [9.17, 15) is 8.78 Å². The highest BCUT2D eigenvalue weighted by molar-refractivity contribution is 5.65. The highest BCUT2D eigenvalue weighted by Gasteiger charge is 2.09. The fourth-order valence-corrected chi connectivity index (χ4v) is 2.23. The largest absolute Gasteiger partial charge is 0.339 e. The average Bonchev–Trinajstić information content (AvgIpc) is 2.57. The van der Waals surface area contributed by atoms with Crippen LogP contribution in [0.25, 0.3) is 0 Å². The van der Waals surface area contributed by atoms with Crippen molar-refractivity contribution < 1.29 is 8.78 Å². The smallest absolute Gasteiger partial charge is 0.229 e. The maximum atomic E-state index is 13.8. The Bertz CT molecular complexity index is 966. The van der Waals surface area contributed by atoms with Crippen LogP contribution in [0.4, 0.5) is 31.9 Å². The molecule has 3 rings (SSSR count). The number of halogens is 2. The van der Waals surface area contributed by atoms with E-state index in [4.69, 9.17) is 5.26 Å². The number of anilines is 4. The number of benzene rings is 2. The second-order valence-corrected chi connectivity index (χ2v) is 5.25. The van der Waals surface area contributed by atoms with Crippen molar-refractivity contribution in [2.24, 2.45) is 0 Å². The fraction of sp³-hybridized carbons (Fsp3) is 0.0556. The lowest BCUT2D eigenvalue weighted by atomic mass is 10.2. The maximum absolute atomic E-state index is 13.8. The number of nitrogens with one attached hydrogen (secondary N) is 2. The van der Waals surface area contributed by atoms with E-state index in [1.807, 2.05) is 0 Å². The van der Waals surface area contributed by atoms with Gasteiger partial charge in [-0.25, -0.2) is 13.8 Å². The summed E-state index contributed by atoms with van der Waals surface area (Å²) in [7, 11) is 0. The Hall–Kier alpha value is -3.53. The minimum absolute atomic E-state index is 0.0652. The molecule has 7 heteroatoms. The third-order valence-corrected chi connectivity index (χ3v) is 3.34. The molecular weight excluding hydrogens is 324 g/mol. The van der Waals surface area contributed by atoms with Gasteiger partial charge in [0.2, 0.25) is 5.95 Å². The topological polar surface area (TPSA) is 73.6 Å². The Morgan fingerprint density at radius 2 is 1.76 bits per heavy atom. The first-order valence-corrected chi connectivity index (χ1v) is 7.39. The van der Waals surface area contributed by atoms with Crippen LogP contribution in [0, 0.1) is 29.9 Å². The van der Waals surface area contributed by atoms with Gasteiger partial charge in [0.05, 0.1) is 16.9 Å². The predicted molar refractivity (Wildman–Crippen MR) is 90.8 cm³/mol. The van der Waals surface area contributed by atoms with E-state index in [2.05, 4.69) is 26.7 Å². The van der Waals surface area contributed by atoms with Crippen molar-refractivity contribution in [3.05, 3.63) is 71.4 Å². The molecule has 1 heterocycles. The van der Waals surface area contributed by atoms with Crippen molar-refractivity contribution in [3.8, 4) is 6.07 Å². The molecule has 0 aliphatic carbocycles. The van der Waals surface area contributed by atoms with Gasteiger partial charge in [-0.2, -0.15) is 10.2 Å². The van der Waals surface area contributed by atoms with Crippen LogP contribution in [0.15, 0.2) is 48.5 Å². The summed E-state index contributed by atoms with van der Waals surface area (Å²) in [5.74, 6) is -0.805. The average molecular weight is 337 g/mol. The van der Waals surface area contributed by atoms with Gasteiger partial charge in [-0.1, -0.05) is 12.1 Å². The van der Waals surface area contributed by atoms with Crippen molar-refractivity contribution in [3.63, 3.8) is 0 Å². The van der Waals surface area contributed by atoms with Crippen molar-refractivity contribution in [1.82, 2.24) is 9.97 Å². The highest BCUT2D eigenvalue weighted by Crippen LogP contribution is 2.23. The molecule has 0 unspecified atom stereocenters. The lowest BCUT2D eigenvalue weighted by molar-refractivity contribution is 0.586. The summed E-state index contributed by atoms with van der Waals surface area (Å²) in [6, 6.07) is 14.0. The van der Waals surface area contributed by atoms with Gasteiger partial charge in [0.1, 0.15) is 23.5 Å². The van der Waals surface area contributed by atoms with Crippen LogP contribution in [0.2, 0.25) is 0 Å². The first-order chi connectivity index (χ1) is 12.0. The minimum atomic E-state index is -0.741. The Kier molecular flexibility index (Phi) is 4.53. The number of hydrogen-bond donors (Lipinski definition) is 2. The van der Waals surface area contributed by atoms with E-state index < -0.39 is 11.6 Å². The number of aromatic nitrogens is 2. The third kappa shape index (κ3) is 3.87. The molecule has 0 fully saturated rings. The number of nitrogens with zero attached hydrogens (tertiary/aromatic N) is 3. The third-order valence-electron chi connectivity index (χ3n) is 3.34. The van der Waals surface area contributed by atoms with E-state index >= 15 is 0 Å². The molecule has 0 saturated carbocycles. The molecule has 0 atom stereocenters. The van der Waals surface area contributed by atoms with Gasteiger partial charge in [-0.05, 0) is 31.2 Å². The molecule has 0 aliphatic rings. The van der Waals surface area contributed by atoms with Gasteiger partial charge in [-0.15, -0.1) is 0 Å². The van der Waals surface area contributed by atoms with Crippen LogP contribution in [-0.2, 0) is 0 Å². The Labute approximate surface area is 143 Å². The highest BCUT2D eigenvalue weighted by atomic mass is 19.1. The normalized spacial score (nSPS) is 10.2. The number of nitriles is 1. The van der Waals surface area contributed by atoms with Crippen LogP contribution >= 0.6 is 0 Å². The summed E-state index contributed by atoms with van der Waals surface area (Å²) in [5, 5.41) is 14.9. The molecule has 0 aliphatic heterocycles. The zero-order valence-corrected chi connectivity index (χ0v) is 13.2. The number of hydrogen-bond acceptors (Lipinski definition) is 5. The molecule has 5 nitrogen and oxygen atoms in total. The molecule has 3 aromatic rings. The molecular formula is C18H13F2N5.